The number of carboxylic acid groups (broad SMARTS) is 1. The van der Waals surface area contributed by atoms with Crippen LogP contribution < -0.4 is 10.6 Å². The molecule has 8 nitrogen and oxygen atoms in total. The van der Waals surface area contributed by atoms with E-state index in [1.807, 2.05) is 24.3 Å². The summed E-state index contributed by atoms with van der Waals surface area (Å²) in [5, 5.41) is 14.3. The predicted molar refractivity (Wildman–Crippen MR) is 124 cm³/mol. The van der Waals surface area contributed by atoms with Gasteiger partial charge in [0.2, 0.25) is 5.91 Å². The zero-order valence-corrected chi connectivity index (χ0v) is 18.5. The lowest BCUT2D eigenvalue weighted by atomic mass is 9.98. The number of terminal acetylenes is 1. The van der Waals surface area contributed by atoms with Gasteiger partial charge in [-0.3, -0.25) is 4.79 Å². The molecule has 1 aliphatic heterocycles. The van der Waals surface area contributed by atoms with Crippen molar-refractivity contribution in [2.45, 2.75) is 30.9 Å². The highest BCUT2D eigenvalue weighted by molar-refractivity contribution is 5.85. The van der Waals surface area contributed by atoms with Crippen LogP contribution in [-0.4, -0.2) is 55.0 Å². The summed E-state index contributed by atoms with van der Waals surface area (Å²) in [4.78, 5) is 35.8. The lowest BCUT2D eigenvalue weighted by molar-refractivity contribution is -0.142. The van der Waals surface area contributed by atoms with Crippen LogP contribution in [0.4, 0.5) is 4.79 Å². The molecule has 3 atom stereocenters. The zero-order valence-electron chi connectivity index (χ0n) is 18.5. The minimum absolute atomic E-state index is 0.0286. The minimum Gasteiger partial charge on any atom is -0.480 e. The maximum absolute atomic E-state index is 12.3. The number of carbonyl (C=O) groups is 3. The molecule has 1 saturated heterocycles. The Morgan fingerprint density at radius 2 is 1.76 bits per heavy atom. The molecule has 0 saturated carbocycles. The molecule has 4 rings (SSSR count). The Hall–Kier alpha value is -3.83. The molecule has 0 aromatic heterocycles. The number of alkyl carbamates (subject to hydrolysis) is 1. The minimum atomic E-state index is -1.18. The van der Waals surface area contributed by atoms with Crippen molar-refractivity contribution in [3.63, 3.8) is 0 Å². The summed E-state index contributed by atoms with van der Waals surface area (Å²) in [6, 6.07) is 15.1. The average molecular weight is 463 g/mol. The van der Waals surface area contributed by atoms with Crippen LogP contribution >= 0.6 is 0 Å². The van der Waals surface area contributed by atoms with Gasteiger partial charge in [-0.2, -0.15) is 0 Å². The van der Waals surface area contributed by atoms with E-state index in [4.69, 9.17) is 21.0 Å². The number of benzene rings is 2. The molecule has 3 N–H and O–H groups in total. The van der Waals surface area contributed by atoms with Crippen LogP contribution in [0.5, 0.6) is 0 Å². The first-order chi connectivity index (χ1) is 16.5. The van der Waals surface area contributed by atoms with Crippen LogP contribution in [-0.2, 0) is 19.1 Å². The fourth-order valence-corrected chi connectivity index (χ4v) is 4.48. The van der Waals surface area contributed by atoms with Gasteiger partial charge in [0.05, 0.1) is 18.6 Å². The molecule has 34 heavy (non-hydrogen) atoms. The van der Waals surface area contributed by atoms with Crippen LogP contribution in [0, 0.1) is 18.3 Å². The van der Waals surface area contributed by atoms with E-state index in [1.54, 1.807) is 0 Å². The number of fused-ring (bicyclic) bond motifs is 3. The van der Waals surface area contributed by atoms with Gasteiger partial charge in [0.1, 0.15) is 12.6 Å². The van der Waals surface area contributed by atoms with E-state index in [0.717, 1.165) is 22.3 Å². The molecule has 8 heteroatoms. The average Bonchev–Trinajstić information content (AvgIpc) is 3.44. The Morgan fingerprint density at radius 3 is 2.38 bits per heavy atom. The van der Waals surface area contributed by atoms with Crippen LogP contribution in [0.2, 0.25) is 0 Å². The first-order valence-corrected chi connectivity index (χ1v) is 11.1. The number of carboxylic acids is 1. The van der Waals surface area contributed by atoms with Crippen LogP contribution in [0.25, 0.3) is 11.1 Å². The molecule has 0 spiro atoms. The first kappa shape index (κ1) is 23.3. The van der Waals surface area contributed by atoms with E-state index in [1.165, 1.54) is 0 Å². The van der Waals surface area contributed by atoms with Gasteiger partial charge in [0, 0.05) is 18.9 Å². The molecule has 176 valence electrons. The lowest BCUT2D eigenvalue weighted by Gasteiger charge is -2.16. The quantitative estimate of drug-likeness (QED) is 0.520. The van der Waals surface area contributed by atoms with Crippen LogP contribution in [0.15, 0.2) is 48.5 Å². The summed E-state index contributed by atoms with van der Waals surface area (Å²) in [7, 11) is 0. The fraction of sp³-hybridized carbons (Fsp3) is 0.346. The number of ether oxygens (including phenoxy) is 2. The van der Waals surface area contributed by atoms with Gasteiger partial charge in [0.25, 0.3) is 0 Å². The monoisotopic (exact) mass is 462 g/mol. The highest BCUT2D eigenvalue weighted by Gasteiger charge is 2.33. The third-order valence-electron chi connectivity index (χ3n) is 6.21. The van der Waals surface area contributed by atoms with E-state index in [2.05, 4.69) is 40.8 Å². The Morgan fingerprint density at radius 1 is 1.12 bits per heavy atom. The van der Waals surface area contributed by atoms with Gasteiger partial charge in [-0.1, -0.05) is 48.5 Å². The molecule has 1 fully saturated rings. The second-order valence-corrected chi connectivity index (χ2v) is 8.40. The molecule has 2 amide bonds. The Bertz CT molecular complexity index is 1080. The normalized spacial score (nSPS) is 19.4. The van der Waals surface area contributed by atoms with Crippen molar-refractivity contribution in [3.05, 3.63) is 59.7 Å². The van der Waals surface area contributed by atoms with Gasteiger partial charge in [-0.15, -0.1) is 12.3 Å². The highest BCUT2D eigenvalue weighted by atomic mass is 16.5. The van der Waals surface area contributed by atoms with Gasteiger partial charge < -0.3 is 25.2 Å². The third-order valence-corrected chi connectivity index (χ3v) is 6.21. The molecular weight excluding hydrogens is 436 g/mol. The van der Waals surface area contributed by atoms with Crippen molar-refractivity contribution in [2.24, 2.45) is 5.92 Å². The van der Waals surface area contributed by atoms with E-state index < -0.39 is 29.9 Å². The van der Waals surface area contributed by atoms with Crippen LogP contribution in [0.1, 0.15) is 29.9 Å². The van der Waals surface area contributed by atoms with Crippen molar-refractivity contribution < 1.29 is 29.0 Å². The van der Waals surface area contributed by atoms with E-state index in [9.17, 15) is 14.4 Å². The number of carbonyl (C=O) groups excluding carboxylic acids is 2. The highest BCUT2D eigenvalue weighted by Crippen LogP contribution is 2.44. The number of aliphatic carboxylic acids is 1. The second-order valence-electron chi connectivity index (χ2n) is 8.40. The number of rotatable bonds is 8. The fourth-order valence-electron chi connectivity index (χ4n) is 4.48. The SMILES string of the molecule is C#CCC(NC(=O)[C@@H]1CO[C@H](CNC(=O)OCC2c3ccccc3-c3ccccc32)C1)C(=O)O. The summed E-state index contributed by atoms with van der Waals surface area (Å²) in [6.45, 7) is 0.542. The van der Waals surface area contributed by atoms with Crippen LogP contribution in [0.3, 0.4) is 0 Å². The standard InChI is InChI=1S/C26H26N2O6/c1-2-7-23(25(30)31)28-24(29)16-12-17(33-14-16)13-27-26(32)34-15-22-20-10-5-3-8-18(20)19-9-4-6-11-21(19)22/h1,3-6,8-11,16-17,22-23H,7,12-15H2,(H,27,32)(H,28,29)(H,30,31)/t16-,17-,23?/m0/s1. The van der Waals surface area contributed by atoms with E-state index in [0.29, 0.717) is 6.42 Å². The number of amides is 2. The summed E-state index contributed by atoms with van der Waals surface area (Å²) in [5.41, 5.74) is 4.58. The zero-order chi connectivity index (χ0) is 24.1. The van der Waals surface area contributed by atoms with Gasteiger partial charge in [-0.05, 0) is 28.7 Å². The Kier molecular flexibility index (Phi) is 7.14. The molecular formula is C26H26N2O6. The first-order valence-electron chi connectivity index (χ1n) is 11.1. The van der Waals surface area contributed by atoms with E-state index >= 15 is 0 Å². The van der Waals surface area contributed by atoms with Crippen molar-refractivity contribution in [2.75, 3.05) is 19.8 Å². The third kappa shape index (κ3) is 5.05. The van der Waals surface area contributed by atoms with Gasteiger partial charge >= 0.3 is 12.1 Å². The number of hydrogen-bond acceptors (Lipinski definition) is 5. The van der Waals surface area contributed by atoms with E-state index in [-0.39, 0.29) is 38.2 Å². The summed E-state index contributed by atoms with van der Waals surface area (Å²) >= 11 is 0. The molecule has 2 aliphatic rings. The predicted octanol–water partition coefficient (Wildman–Crippen LogP) is 2.52. The molecule has 0 bridgehead atoms. The molecule has 1 heterocycles. The Labute approximate surface area is 197 Å². The second kappa shape index (κ2) is 10.4. The molecule has 2 aromatic rings. The number of nitrogens with one attached hydrogen (secondary N) is 2. The van der Waals surface area contributed by atoms with Crippen molar-refractivity contribution in [1.82, 2.24) is 10.6 Å². The molecule has 2 aromatic carbocycles. The maximum atomic E-state index is 12.3. The van der Waals surface area contributed by atoms with Crippen molar-refractivity contribution in [3.8, 4) is 23.5 Å². The van der Waals surface area contributed by atoms with Crippen molar-refractivity contribution >= 4 is 18.0 Å². The summed E-state index contributed by atoms with van der Waals surface area (Å²) in [6.07, 6.45) is 4.49. The molecule has 1 aliphatic carbocycles. The lowest BCUT2D eigenvalue weighted by Crippen LogP contribution is -2.43. The summed E-state index contributed by atoms with van der Waals surface area (Å²) in [5.74, 6) is 0.101. The topological polar surface area (TPSA) is 114 Å². The number of hydrogen-bond donors (Lipinski definition) is 3. The van der Waals surface area contributed by atoms with Crippen molar-refractivity contribution in [1.29, 1.82) is 0 Å². The van der Waals surface area contributed by atoms with Gasteiger partial charge in [0.15, 0.2) is 0 Å². The molecule has 0 radical (unpaired) electrons. The Balaban J connectivity index is 1.24. The summed E-state index contributed by atoms with van der Waals surface area (Å²) < 4.78 is 11.1. The largest absolute Gasteiger partial charge is 0.480 e. The molecule has 1 unspecified atom stereocenters. The van der Waals surface area contributed by atoms with Gasteiger partial charge in [-0.25, -0.2) is 9.59 Å². The maximum Gasteiger partial charge on any atom is 0.407 e. The smallest absolute Gasteiger partial charge is 0.407 e.